The van der Waals surface area contributed by atoms with Gasteiger partial charge in [0.05, 0.1) is 5.41 Å². The van der Waals surface area contributed by atoms with Gasteiger partial charge in [0.15, 0.2) is 0 Å². The van der Waals surface area contributed by atoms with Gasteiger partial charge < -0.3 is 10.6 Å². The molecule has 3 heteroatoms. The third-order valence-electron chi connectivity index (χ3n) is 5.02. The Hall–Kier alpha value is -1.35. The van der Waals surface area contributed by atoms with Crippen molar-refractivity contribution in [3.8, 4) is 0 Å². The molecule has 116 valence electrons. The summed E-state index contributed by atoms with van der Waals surface area (Å²) in [6.07, 6.45) is 4.66. The molecular weight excluding hydrogens is 260 g/mol. The van der Waals surface area contributed by atoms with E-state index in [0.717, 1.165) is 18.4 Å². The van der Waals surface area contributed by atoms with E-state index in [0.29, 0.717) is 18.5 Å². The lowest BCUT2D eigenvalue weighted by atomic mass is 9.80. The Kier molecular flexibility index (Phi) is 5.04. The lowest BCUT2D eigenvalue weighted by molar-refractivity contribution is -0.138. The summed E-state index contributed by atoms with van der Waals surface area (Å²) in [6, 6.07) is 10.3. The molecule has 2 rings (SSSR count). The summed E-state index contributed by atoms with van der Waals surface area (Å²) in [6.45, 7) is 4.71. The van der Waals surface area contributed by atoms with Crippen molar-refractivity contribution in [3.63, 3.8) is 0 Å². The van der Waals surface area contributed by atoms with E-state index in [-0.39, 0.29) is 5.91 Å². The van der Waals surface area contributed by atoms with Crippen LogP contribution in [0, 0.1) is 5.92 Å². The zero-order valence-electron chi connectivity index (χ0n) is 13.5. The number of carbonyl (C=O) groups excluding carboxylic acids is 1. The van der Waals surface area contributed by atoms with Crippen LogP contribution in [-0.2, 0) is 10.2 Å². The molecule has 0 bridgehead atoms. The van der Waals surface area contributed by atoms with E-state index in [1.807, 2.05) is 56.1 Å². The summed E-state index contributed by atoms with van der Waals surface area (Å²) in [4.78, 5) is 15.0. The summed E-state index contributed by atoms with van der Waals surface area (Å²) in [5.41, 5.74) is 6.49. The van der Waals surface area contributed by atoms with Crippen LogP contribution in [0.2, 0.25) is 0 Å². The average Bonchev–Trinajstić information content (AvgIpc) is 2.54. The van der Waals surface area contributed by atoms with Gasteiger partial charge in [-0.3, -0.25) is 4.79 Å². The summed E-state index contributed by atoms with van der Waals surface area (Å²) < 4.78 is 0. The van der Waals surface area contributed by atoms with E-state index < -0.39 is 5.41 Å². The van der Waals surface area contributed by atoms with E-state index in [9.17, 15) is 4.79 Å². The maximum absolute atomic E-state index is 13.0. The third-order valence-corrected chi connectivity index (χ3v) is 5.02. The zero-order valence-corrected chi connectivity index (χ0v) is 13.5. The van der Waals surface area contributed by atoms with Crippen molar-refractivity contribution < 1.29 is 4.79 Å². The molecule has 1 fully saturated rings. The highest BCUT2D eigenvalue weighted by Gasteiger charge is 2.37. The lowest BCUT2D eigenvalue weighted by Gasteiger charge is -2.41. The Morgan fingerprint density at radius 2 is 1.86 bits per heavy atom. The smallest absolute Gasteiger partial charge is 0.232 e. The molecule has 0 heterocycles. The normalized spacial score (nSPS) is 22.9. The minimum absolute atomic E-state index is 0.194. The first kappa shape index (κ1) is 16.0. The molecule has 3 nitrogen and oxygen atoms in total. The number of rotatable bonds is 4. The van der Waals surface area contributed by atoms with Gasteiger partial charge in [0, 0.05) is 13.1 Å². The van der Waals surface area contributed by atoms with Crippen molar-refractivity contribution in [1.29, 1.82) is 0 Å². The monoisotopic (exact) mass is 288 g/mol. The minimum atomic E-state index is -0.493. The first-order valence-electron chi connectivity index (χ1n) is 8.01. The van der Waals surface area contributed by atoms with E-state index in [4.69, 9.17) is 5.73 Å². The largest absolute Gasteiger partial charge is 0.342 e. The minimum Gasteiger partial charge on any atom is -0.342 e. The standard InChI is InChI=1S/C18H28N2O/c1-18(2,15-10-5-4-6-11-15)17(21)20(3)16-12-8-7-9-14(16)13-19/h4-6,10-11,14,16H,7-9,12-13,19H2,1-3H3. The number of amides is 1. The SMILES string of the molecule is CN(C(=O)C(C)(C)c1ccccc1)C1CCCCC1CN. The number of benzene rings is 1. The molecule has 2 unspecified atom stereocenters. The fourth-order valence-corrected chi connectivity index (χ4v) is 3.54. The Morgan fingerprint density at radius 1 is 1.24 bits per heavy atom. The fourth-order valence-electron chi connectivity index (χ4n) is 3.54. The van der Waals surface area contributed by atoms with Crippen molar-refractivity contribution in [2.75, 3.05) is 13.6 Å². The first-order valence-corrected chi connectivity index (χ1v) is 8.01. The van der Waals surface area contributed by atoms with Crippen molar-refractivity contribution in [3.05, 3.63) is 35.9 Å². The average molecular weight is 288 g/mol. The van der Waals surface area contributed by atoms with Gasteiger partial charge in [-0.05, 0) is 44.7 Å². The molecule has 1 aromatic rings. The Bertz CT molecular complexity index is 469. The van der Waals surface area contributed by atoms with Gasteiger partial charge in [0.2, 0.25) is 5.91 Å². The number of carbonyl (C=O) groups is 1. The molecule has 0 saturated heterocycles. The summed E-state index contributed by atoms with van der Waals surface area (Å²) in [5.74, 6) is 0.637. The van der Waals surface area contributed by atoms with Gasteiger partial charge in [0.1, 0.15) is 0 Å². The Balaban J connectivity index is 2.18. The van der Waals surface area contributed by atoms with Gasteiger partial charge in [-0.25, -0.2) is 0 Å². The number of hydrogen-bond donors (Lipinski definition) is 1. The molecule has 0 spiro atoms. The molecule has 0 aromatic heterocycles. The molecule has 1 aromatic carbocycles. The number of likely N-dealkylation sites (N-methyl/N-ethyl adjacent to an activating group) is 1. The Morgan fingerprint density at radius 3 is 2.48 bits per heavy atom. The van der Waals surface area contributed by atoms with Crippen LogP contribution in [0.3, 0.4) is 0 Å². The zero-order chi connectivity index (χ0) is 15.5. The molecule has 1 saturated carbocycles. The van der Waals surface area contributed by atoms with E-state index in [1.54, 1.807) is 0 Å². The predicted molar refractivity (Wildman–Crippen MR) is 87.0 cm³/mol. The van der Waals surface area contributed by atoms with Crippen molar-refractivity contribution in [2.45, 2.75) is 51.0 Å². The van der Waals surface area contributed by atoms with Crippen LogP contribution in [0.4, 0.5) is 0 Å². The number of nitrogens with two attached hydrogens (primary N) is 1. The van der Waals surface area contributed by atoms with Crippen molar-refractivity contribution >= 4 is 5.91 Å². The van der Waals surface area contributed by atoms with E-state index >= 15 is 0 Å². The van der Waals surface area contributed by atoms with Gasteiger partial charge >= 0.3 is 0 Å². The fraction of sp³-hybridized carbons (Fsp3) is 0.611. The molecule has 1 aliphatic carbocycles. The van der Waals surface area contributed by atoms with Gasteiger partial charge in [-0.2, -0.15) is 0 Å². The second kappa shape index (κ2) is 6.61. The van der Waals surface area contributed by atoms with Gasteiger partial charge in [-0.15, -0.1) is 0 Å². The number of hydrogen-bond acceptors (Lipinski definition) is 2. The quantitative estimate of drug-likeness (QED) is 0.926. The molecular formula is C18H28N2O. The summed E-state index contributed by atoms with van der Waals surface area (Å²) in [5, 5.41) is 0. The van der Waals surface area contributed by atoms with Crippen LogP contribution in [-0.4, -0.2) is 30.4 Å². The predicted octanol–water partition coefficient (Wildman–Crippen LogP) is 2.94. The van der Waals surface area contributed by atoms with Crippen LogP contribution < -0.4 is 5.73 Å². The lowest BCUT2D eigenvalue weighted by Crippen LogP contribution is -2.51. The van der Waals surface area contributed by atoms with Crippen LogP contribution in [0.25, 0.3) is 0 Å². The molecule has 21 heavy (non-hydrogen) atoms. The molecule has 1 aliphatic rings. The molecule has 1 amide bonds. The third kappa shape index (κ3) is 3.29. The molecule has 2 atom stereocenters. The topological polar surface area (TPSA) is 46.3 Å². The summed E-state index contributed by atoms with van der Waals surface area (Å²) in [7, 11) is 1.95. The van der Waals surface area contributed by atoms with E-state index in [2.05, 4.69) is 0 Å². The second-order valence-corrected chi connectivity index (χ2v) is 6.75. The summed E-state index contributed by atoms with van der Waals surface area (Å²) >= 11 is 0. The highest BCUT2D eigenvalue weighted by Crippen LogP contribution is 2.31. The molecule has 0 radical (unpaired) electrons. The van der Waals surface area contributed by atoms with Crippen LogP contribution in [0.15, 0.2) is 30.3 Å². The highest BCUT2D eigenvalue weighted by atomic mass is 16.2. The Labute approximate surface area is 128 Å². The van der Waals surface area contributed by atoms with Crippen LogP contribution in [0.1, 0.15) is 45.1 Å². The van der Waals surface area contributed by atoms with Crippen LogP contribution >= 0.6 is 0 Å². The van der Waals surface area contributed by atoms with E-state index in [1.165, 1.54) is 12.8 Å². The first-order chi connectivity index (χ1) is 9.98. The maximum atomic E-state index is 13.0. The van der Waals surface area contributed by atoms with Crippen molar-refractivity contribution in [1.82, 2.24) is 4.90 Å². The maximum Gasteiger partial charge on any atom is 0.232 e. The molecule has 2 N–H and O–H groups in total. The molecule has 0 aliphatic heterocycles. The highest BCUT2D eigenvalue weighted by molar-refractivity contribution is 5.87. The van der Waals surface area contributed by atoms with Crippen molar-refractivity contribution in [2.24, 2.45) is 11.7 Å². The van der Waals surface area contributed by atoms with Gasteiger partial charge in [0.25, 0.3) is 0 Å². The number of nitrogens with zero attached hydrogens (tertiary/aromatic N) is 1. The van der Waals surface area contributed by atoms with Gasteiger partial charge in [-0.1, -0.05) is 43.2 Å². The van der Waals surface area contributed by atoms with Crippen LogP contribution in [0.5, 0.6) is 0 Å². The second-order valence-electron chi connectivity index (χ2n) is 6.75.